The zero-order chi connectivity index (χ0) is 29.1. The largest absolute Gasteiger partial charge is 0.264 e. The van der Waals surface area contributed by atoms with Gasteiger partial charge >= 0.3 is 0 Å². The quantitative estimate of drug-likeness (QED) is 0.226. The highest BCUT2D eigenvalue weighted by Crippen LogP contribution is 2.00. The standard InChI is InChI=1S/C9H12.C8H10.2C7H9N.C6H7N/c1-2-6-9-7-4-3-5-8-9;1-2-8-6-4-3-5-7-8;1-2-7-4-3-5-8-6-7;1-2-7-5-3-4-6-8-7;1-6-3-2-4-7-5-6/h3-5,7-8H,2,6H2,1H3;3-7H,2H2,1H3;2*3-6H,2H2,1H3;2-5H,1H3. The molecule has 3 heterocycles. The molecule has 0 aliphatic rings. The highest BCUT2D eigenvalue weighted by molar-refractivity contribution is 5.15. The van der Waals surface area contributed by atoms with E-state index in [9.17, 15) is 0 Å². The molecule has 5 rings (SSSR count). The lowest BCUT2D eigenvalue weighted by molar-refractivity contribution is 0.922. The Bertz CT molecular complexity index is 1090. The van der Waals surface area contributed by atoms with E-state index >= 15 is 0 Å². The fourth-order valence-corrected chi connectivity index (χ4v) is 3.31. The van der Waals surface area contributed by atoms with Gasteiger partial charge in [0.2, 0.25) is 0 Å². The summed E-state index contributed by atoms with van der Waals surface area (Å²) in [6.07, 6.45) is 14.8. The van der Waals surface area contributed by atoms with Crippen LogP contribution in [0.1, 0.15) is 62.1 Å². The Hall–Kier alpha value is -4.11. The Morgan fingerprint density at radius 1 is 0.475 bits per heavy atom. The van der Waals surface area contributed by atoms with Crippen LogP contribution in [0.4, 0.5) is 0 Å². The van der Waals surface area contributed by atoms with Gasteiger partial charge in [-0.1, -0.05) is 113 Å². The molecule has 40 heavy (non-hydrogen) atoms. The fraction of sp³-hybridized carbons (Fsp3) is 0.270. The topological polar surface area (TPSA) is 38.7 Å². The summed E-state index contributed by atoms with van der Waals surface area (Å²) in [7, 11) is 0. The number of nitrogens with zero attached hydrogens (tertiary/aromatic N) is 3. The number of aryl methyl sites for hydroxylation is 5. The molecule has 0 fully saturated rings. The molecule has 0 aliphatic heterocycles. The van der Waals surface area contributed by atoms with Crippen molar-refractivity contribution in [2.45, 2.75) is 66.7 Å². The number of pyridine rings is 3. The van der Waals surface area contributed by atoms with E-state index < -0.39 is 0 Å². The van der Waals surface area contributed by atoms with E-state index in [1.165, 1.54) is 35.1 Å². The third kappa shape index (κ3) is 18.2. The Kier molecular flexibility index (Phi) is 20.3. The predicted molar refractivity (Wildman–Crippen MR) is 172 cm³/mol. The van der Waals surface area contributed by atoms with Crippen molar-refractivity contribution in [1.82, 2.24) is 15.0 Å². The monoisotopic (exact) mass is 533 g/mol. The fourth-order valence-electron chi connectivity index (χ4n) is 3.31. The first kappa shape index (κ1) is 33.9. The van der Waals surface area contributed by atoms with Gasteiger partial charge in [-0.2, -0.15) is 0 Å². The van der Waals surface area contributed by atoms with E-state index in [0.29, 0.717) is 0 Å². The number of benzene rings is 2. The van der Waals surface area contributed by atoms with E-state index in [4.69, 9.17) is 0 Å². The highest BCUT2D eigenvalue weighted by Gasteiger charge is 1.85. The van der Waals surface area contributed by atoms with Gasteiger partial charge in [-0.05, 0) is 79.1 Å². The van der Waals surface area contributed by atoms with Crippen molar-refractivity contribution >= 4 is 0 Å². The van der Waals surface area contributed by atoms with Gasteiger partial charge in [-0.3, -0.25) is 15.0 Å². The molecule has 5 aromatic rings. The molecule has 0 unspecified atom stereocenters. The minimum atomic E-state index is 1.03. The number of rotatable bonds is 5. The van der Waals surface area contributed by atoms with Crippen LogP contribution in [-0.2, 0) is 25.7 Å². The molecule has 3 heteroatoms. The molecule has 0 atom stereocenters. The van der Waals surface area contributed by atoms with Gasteiger partial charge in [0.1, 0.15) is 0 Å². The summed E-state index contributed by atoms with van der Waals surface area (Å²) in [5.41, 5.74) is 6.52. The molecule has 3 aromatic heterocycles. The van der Waals surface area contributed by atoms with Crippen LogP contribution >= 0.6 is 0 Å². The summed E-state index contributed by atoms with van der Waals surface area (Å²) in [6.45, 7) is 10.6. The third-order valence-electron chi connectivity index (χ3n) is 5.66. The van der Waals surface area contributed by atoms with Crippen molar-refractivity contribution in [3.63, 3.8) is 0 Å². The van der Waals surface area contributed by atoms with Gasteiger partial charge in [0.15, 0.2) is 0 Å². The lowest BCUT2D eigenvalue weighted by Crippen LogP contribution is -1.81. The van der Waals surface area contributed by atoms with Crippen molar-refractivity contribution < 1.29 is 0 Å². The van der Waals surface area contributed by atoms with Crippen LogP contribution in [0.3, 0.4) is 0 Å². The molecule has 0 amide bonds. The summed E-state index contributed by atoms with van der Waals surface area (Å²) < 4.78 is 0. The molecule has 0 radical (unpaired) electrons. The van der Waals surface area contributed by atoms with Crippen LogP contribution in [0.25, 0.3) is 0 Å². The SMILES string of the molecule is CCCc1ccccc1.CCc1ccccc1.CCc1ccccn1.CCc1cccnc1.Cc1cccnc1. The molecule has 0 N–H and O–H groups in total. The van der Waals surface area contributed by atoms with Gasteiger partial charge < -0.3 is 0 Å². The lowest BCUT2D eigenvalue weighted by atomic mass is 10.1. The van der Waals surface area contributed by atoms with Gasteiger partial charge in [0.25, 0.3) is 0 Å². The van der Waals surface area contributed by atoms with Gasteiger partial charge in [0.05, 0.1) is 0 Å². The second-order valence-corrected chi connectivity index (χ2v) is 8.99. The molecule has 0 spiro atoms. The Labute approximate surface area is 243 Å². The Morgan fingerprint density at radius 2 is 1.02 bits per heavy atom. The summed E-state index contributed by atoms with van der Waals surface area (Å²) in [6, 6.07) is 35.0. The molecule has 2 aromatic carbocycles. The van der Waals surface area contributed by atoms with E-state index in [2.05, 4.69) is 103 Å². The second-order valence-electron chi connectivity index (χ2n) is 8.99. The van der Waals surface area contributed by atoms with Crippen molar-refractivity contribution in [2.75, 3.05) is 0 Å². The molecule has 0 saturated carbocycles. The van der Waals surface area contributed by atoms with E-state index in [1.54, 1.807) is 12.4 Å². The van der Waals surface area contributed by atoms with Crippen LogP contribution in [0.2, 0.25) is 0 Å². The van der Waals surface area contributed by atoms with Gasteiger partial charge in [0, 0.05) is 36.7 Å². The minimum absolute atomic E-state index is 1.03. The zero-order valence-corrected chi connectivity index (χ0v) is 25.1. The first-order chi connectivity index (χ1) is 19.6. The number of hydrogen-bond acceptors (Lipinski definition) is 3. The van der Waals surface area contributed by atoms with Crippen LogP contribution in [0, 0.1) is 6.92 Å². The Balaban J connectivity index is 0.000000250. The van der Waals surface area contributed by atoms with Crippen LogP contribution in [0.5, 0.6) is 0 Å². The predicted octanol–water partition coefficient (Wildman–Crippen LogP) is 9.57. The van der Waals surface area contributed by atoms with Crippen LogP contribution < -0.4 is 0 Å². The Morgan fingerprint density at radius 3 is 1.35 bits per heavy atom. The van der Waals surface area contributed by atoms with Crippen LogP contribution in [-0.4, -0.2) is 15.0 Å². The van der Waals surface area contributed by atoms with Crippen molar-refractivity contribution in [3.05, 3.63) is 162 Å². The van der Waals surface area contributed by atoms with Crippen LogP contribution in [0.15, 0.2) is 134 Å². The molecular weight excluding hydrogens is 486 g/mol. The first-order valence-electron chi connectivity index (χ1n) is 14.4. The normalized spacial score (nSPS) is 9.12. The highest BCUT2D eigenvalue weighted by atomic mass is 14.7. The van der Waals surface area contributed by atoms with Gasteiger partial charge in [-0.25, -0.2) is 0 Å². The number of aromatic nitrogens is 3. The molecule has 0 saturated heterocycles. The molecule has 3 nitrogen and oxygen atoms in total. The summed E-state index contributed by atoms with van der Waals surface area (Å²) in [4.78, 5) is 11.9. The van der Waals surface area contributed by atoms with Gasteiger partial charge in [-0.15, -0.1) is 0 Å². The average Bonchev–Trinajstić information content (AvgIpc) is 3.04. The van der Waals surface area contributed by atoms with E-state index in [1.807, 2.05) is 68.0 Å². The average molecular weight is 534 g/mol. The summed E-state index contributed by atoms with van der Waals surface area (Å²) in [5, 5.41) is 0. The van der Waals surface area contributed by atoms with Crippen molar-refractivity contribution in [1.29, 1.82) is 0 Å². The lowest BCUT2D eigenvalue weighted by Gasteiger charge is -1.93. The minimum Gasteiger partial charge on any atom is -0.264 e. The molecule has 210 valence electrons. The number of hydrogen-bond donors (Lipinski definition) is 0. The maximum Gasteiger partial charge on any atom is 0.0400 e. The zero-order valence-electron chi connectivity index (χ0n) is 25.1. The third-order valence-corrected chi connectivity index (χ3v) is 5.66. The first-order valence-corrected chi connectivity index (χ1v) is 14.4. The van der Waals surface area contributed by atoms with Crippen molar-refractivity contribution in [2.24, 2.45) is 0 Å². The second kappa shape index (κ2) is 24.0. The maximum atomic E-state index is 4.10. The summed E-state index contributed by atoms with van der Waals surface area (Å²) >= 11 is 0. The smallest absolute Gasteiger partial charge is 0.0400 e. The molecule has 0 aliphatic carbocycles. The van der Waals surface area contributed by atoms with E-state index in [-0.39, 0.29) is 0 Å². The summed E-state index contributed by atoms with van der Waals surface area (Å²) in [5.74, 6) is 0. The molecule has 0 bridgehead atoms. The maximum absolute atomic E-state index is 4.10. The van der Waals surface area contributed by atoms with E-state index in [0.717, 1.165) is 25.0 Å². The van der Waals surface area contributed by atoms with Crippen molar-refractivity contribution in [3.8, 4) is 0 Å². The molecular formula is C37H47N3.